The molecule has 1 aromatic rings. The van der Waals surface area contributed by atoms with Crippen LogP contribution >= 0.6 is 0 Å². The molecule has 0 unspecified atom stereocenters. The van der Waals surface area contributed by atoms with Crippen molar-refractivity contribution in [1.29, 1.82) is 0 Å². The predicted molar refractivity (Wildman–Crippen MR) is 46.6 cm³/mol. The number of nitrogens with two attached hydrogens (primary N) is 1. The first-order valence-electron chi connectivity index (χ1n) is 3.92. The molecular weight excluding hydrogens is 188 g/mol. The van der Waals surface area contributed by atoms with E-state index in [1.807, 2.05) is 0 Å². The average molecular weight is 198 g/mol. The molecule has 1 heterocycles. The summed E-state index contributed by atoms with van der Waals surface area (Å²) in [7, 11) is 0. The van der Waals surface area contributed by atoms with Crippen molar-refractivity contribution >= 4 is 11.9 Å². The van der Waals surface area contributed by atoms with E-state index in [2.05, 4.69) is 5.32 Å². The average Bonchev–Trinajstić information content (AvgIpc) is 2.62. The van der Waals surface area contributed by atoms with Crippen molar-refractivity contribution in [3.05, 3.63) is 23.7 Å². The van der Waals surface area contributed by atoms with E-state index < -0.39 is 18.4 Å². The van der Waals surface area contributed by atoms with Crippen molar-refractivity contribution in [1.82, 2.24) is 5.32 Å². The molecule has 14 heavy (non-hydrogen) atoms. The van der Waals surface area contributed by atoms with E-state index >= 15 is 0 Å². The minimum absolute atomic E-state index is 0.0618. The number of carbonyl (C=O) groups excluding carboxylic acids is 1. The Bertz CT molecular complexity index is 345. The minimum atomic E-state index is -1.11. The van der Waals surface area contributed by atoms with Crippen LogP contribution in [0.25, 0.3) is 0 Å². The van der Waals surface area contributed by atoms with E-state index in [0.717, 1.165) is 0 Å². The Morgan fingerprint density at radius 1 is 1.50 bits per heavy atom. The van der Waals surface area contributed by atoms with E-state index in [1.165, 1.54) is 6.07 Å². The fourth-order valence-corrected chi connectivity index (χ4v) is 0.853. The molecule has 6 nitrogen and oxygen atoms in total. The SMILES string of the molecule is NCc1ccc(C(=O)NCC(=O)O)o1. The summed E-state index contributed by atoms with van der Waals surface area (Å²) in [5, 5.41) is 10.5. The zero-order valence-electron chi connectivity index (χ0n) is 7.32. The number of carbonyl (C=O) groups is 2. The lowest BCUT2D eigenvalue weighted by Gasteiger charge is -1.97. The molecule has 1 aromatic heterocycles. The van der Waals surface area contributed by atoms with Crippen molar-refractivity contribution in [3.63, 3.8) is 0 Å². The van der Waals surface area contributed by atoms with Crippen molar-refractivity contribution in [2.45, 2.75) is 6.54 Å². The number of carboxylic acids is 1. The quantitative estimate of drug-likeness (QED) is 0.607. The first-order chi connectivity index (χ1) is 6.63. The molecule has 1 amide bonds. The Hall–Kier alpha value is -1.82. The molecule has 0 saturated heterocycles. The van der Waals surface area contributed by atoms with Crippen LogP contribution < -0.4 is 11.1 Å². The Kier molecular flexibility index (Phi) is 3.24. The lowest BCUT2D eigenvalue weighted by molar-refractivity contribution is -0.135. The molecule has 0 aliphatic carbocycles. The third kappa shape index (κ3) is 2.60. The predicted octanol–water partition coefficient (Wildman–Crippen LogP) is -0.447. The van der Waals surface area contributed by atoms with Crippen molar-refractivity contribution < 1.29 is 19.1 Å². The summed E-state index contributed by atoms with van der Waals surface area (Å²) in [4.78, 5) is 21.3. The van der Waals surface area contributed by atoms with Gasteiger partial charge in [-0.05, 0) is 12.1 Å². The third-order valence-electron chi connectivity index (χ3n) is 1.49. The first-order valence-corrected chi connectivity index (χ1v) is 3.92. The number of aliphatic carboxylic acids is 1. The van der Waals surface area contributed by atoms with E-state index in [4.69, 9.17) is 15.3 Å². The number of carboxylic acid groups (broad SMARTS) is 1. The van der Waals surface area contributed by atoms with E-state index in [0.29, 0.717) is 5.76 Å². The number of hydrogen-bond donors (Lipinski definition) is 3. The second kappa shape index (κ2) is 4.43. The van der Waals surface area contributed by atoms with Crippen molar-refractivity contribution in [3.8, 4) is 0 Å². The summed E-state index contributed by atoms with van der Waals surface area (Å²) >= 11 is 0. The van der Waals surface area contributed by atoms with Crippen LogP contribution in [-0.2, 0) is 11.3 Å². The minimum Gasteiger partial charge on any atom is -0.480 e. The van der Waals surface area contributed by atoms with Gasteiger partial charge in [0.1, 0.15) is 12.3 Å². The number of nitrogens with one attached hydrogen (secondary N) is 1. The van der Waals surface area contributed by atoms with Crippen LogP contribution in [0.4, 0.5) is 0 Å². The molecule has 0 bridgehead atoms. The molecule has 4 N–H and O–H groups in total. The molecule has 76 valence electrons. The monoisotopic (exact) mass is 198 g/mol. The molecule has 0 aromatic carbocycles. The van der Waals surface area contributed by atoms with Gasteiger partial charge in [0.15, 0.2) is 5.76 Å². The van der Waals surface area contributed by atoms with Crippen LogP contribution in [0.3, 0.4) is 0 Å². The summed E-state index contributed by atoms with van der Waals surface area (Å²) < 4.78 is 5.00. The van der Waals surface area contributed by atoms with Crippen molar-refractivity contribution in [2.75, 3.05) is 6.54 Å². The lowest BCUT2D eigenvalue weighted by Crippen LogP contribution is -2.28. The molecular formula is C8H10N2O4. The summed E-state index contributed by atoms with van der Waals surface area (Å²) in [6, 6.07) is 3.01. The fourth-order valence-electron chi connectivity index (χ4n) is 0.853. The second-order valence-electron chi connectivity index (χ2n) is 2.55. The van der Waals surface area contributed by atoms with E-state index in [-0.39, 0.29) is 12.3 Å². The van der Waals surface area contributed by atoms with Gasteiger partial charge in [0.2, 0.25) is 0 Å². The Labute approximate surface area is 79.7 Å². The highest BCUT2D eigenvalue weighted by atomic mass is 16.4. The molecule has 0 aliphatic rings. The summed E-state index contributed by atoms with van der Waals surface area (Å²) in [6.07, 6.45) is 0. The topological polar surface area (TPSA) is 106 Å². The van der Waals surface area contributed by atoms with Crippen molar-refractivity contribution in [2.24, 2.45) is 5.73 Å². The zero-order chi connectivity index (χ0) is 10.6. The largest absolute Gasteiger partial charge is 0.480 e. The highest BCUT2D eigenvalue weighted by Gasteiger charge is 2.10. The van der Waals surface area contributed by atoms with Crippen LogP contribution in [0, 0.1) is 0 Å². The van der Waals surface area contributed by atoms with Gasteiger partial charge in [-0.25, -0.2) is 0 Å². The van der Waals surface area contributed by atoms with Gasteiger partial charge in [-0.15, -0.1) is 0 Å². The van der Waals surface area contributed by atoms with E-state index in [1.54, 1.807) is 6.07 Å². The lowest BCUT2D eigenvalue weighted by atomic mass is 10.4. The highest BCUT2D eigenvalue weighted by Crippen LogP contribution is 2.06. The van der Waals surface area contributed by atoms with Crippen LogP contribution in [0.5, 0.6) is 0 Å². The van der Waals surface area contributed by atoms with Crippen LogP contribution in [0.2, 0.25) is 0 Å². The van der Waals surface area contributed by atoms with Gasteiger partial charge >= 0.3 is 5.97 Å². The maximum atomic E-state index is 11.2. The second-order valence-corrected chi connectivity index (χ2v) is 2.55. The first kappa shape index (κ1) is 10.3. The van der Waals surface area contributed by atoms with Crippen LogP contribution in [0.1, 0.15) is 16.3 Å². The molecule has 0 aliphatic heterocycles. The molecule has 6 heteroatoms. The van der Waals surface area contributed by atoms with Gasteiger partial charge in [-0.1, -0.05) is 0 Å². The zero-order valence-corrected chi connectivity index (χ0v) is 7.32. The van der Waals surface area contributed by atoms with Gasteiger partial charge in [0, 0.05) is 0 Å². The highest BCUT2D eigenvalue weighted by molar-refractivity contribution is 5.93. The molecule has 0 atom stereocenters. The number of rotatable bonds is 4. The number of hydrogen-bond acceptors (Lipinski definition) is 4. The maximum Gasteiger partial charge on any atom is 0.322 e. The standard InChI is InChI=1S/C8H10N2O4/c9-3-5-1-2-6(14-5)8(13)10-4-7(11)12/h1-2H,3-4,9H2,(H,10,13)(H,11,12). The van der Waals surface area contributed by atoms with Gasteiger partial charge < -0.3 is 20.6 Å². The fraction of sp³-hybridized carbons (Fsp3) is 0.250. The van der Waals surface area contributed by atoms with Gasteiger partial charge in [0.25, 0.3) is 5.91 Å². The summed E-state index contributed by atoms with van der Waals surface area (Å²) in [5.41, 5.74) is 5.27. The maximum absolute atomic E-state index is 11.2. The molecule has 0 radical (unpaired) electrons. The van der Waals surface area contributed by atoms with Gasteiger partial charge in [-0.2, -0.15) is 0 Å². The normalized spacial score (nSPS) is 9.79. The summed E-state index contributed by atoms with van der Waals surface area (Å²) in [5.74, 6) is -1.13. The Balaban J connectivity index is 2.56. The van der Waals surface area contributed by atoms with Crippen LogP contribution in [-0.4, -0.2) is 23.5 Å². The van der Waals surface area contributed by atoms with Gasteiger partial charge in [-0.3, -0.25) is 9.59 Å². The molecule has 0 fully saturated rings. The summed E-state index contributed by atoms with van der Waals surface area (Å²) in [6.45, 7) is -0.232. The molecule has 1 rings (SSSR count). The Morgan fingerprint density at radius 2 is 2.21 bits per heavy atom. The number of amides is 1. The van der Waals surface area contributed by atoms with E-state index in [9.17, 15) is 9.59 Å². The molecule has 0 spiro atoms. The van der Waals surface area contributed by atoms with Gasteiger partial charge in [0.05, 0.1) is 6.54 Å². The smallest absolute Gasteiger partial charge is 0.322 e. The number of furan rings is 1. The Morgan fingerprint density at radius 3 is 2.71 bits per heavy atom. The third-order valence-corrected chi connectivity index (χ3v) is 1.49. The van der Waals surface area contributed by atoms with Crippen LogP contribution in [0.15, 0.2) is 16.5 Å². The molecule has 0 saturated carbocycles.